The highest BCUT2D eigenvalue weighted by Crippen LogP contribution is 2.33. The standard InChI is InChI=1S/C28H28N4O6S2/c1-2-8-19(30-26(34)24-13-12-23(39-24)18-9-4-3-5-10-18)27(35)31-16-14-21-25(31)22(33)17-32(21)40(37,38)28(36)20-11-6-7-15-29-20/h3-7,9-13,15,19,21,25H,2,8,14,16-17H2,1H3,(H,30,34). The van der Waals surface area contributed by atoms with Gasteiger partial charge in [0, 0.05) is 17.6 Å². The zero-order valence-electron chi connectivity index (χ0n) is 21.7. The third kappa shape index (κ3) is 5.21. The minimum atomic E-state index is -4.53. The maximum Gasteiger partial charge on any atom is 0.310 e. The van der Waals surface area contributed by atoms with Gasteiger partial charge in [0.05, 0.1) is 17.5 Å². The third-order valence-electron chi connectivity index (χ3n) is 7.15. The minimum Gasteiger partial charge on any atom is -0.340 e. The number of aromatic nitrogens is 1. The van der Waals surface area contributed by atoms with Crippen molar-refractivity contribution >= 4 is 44.1 Å². The maximum atomic E-state index is 13.6. The van der Waals surface area contributed by atoms with E-state index in [4.69, 9.17) is 0 Å². The van der Waals surface area contributed by atoms with Gasteiger partial charge in [0.1, 0.15) is 17.8 Å². The van der Waals surface area contributed by atoms with E-state index in [1.807, 2.05) is 43.3 Å². The van der Waals surface area contributed by atoms with Crippen LogP contribution in [0.2, 0.25) is 0 Å². The minimum absolute atomic E-state index is 0.136. The Bertz CT molecular complexity index is 1540. The number of rotatable bonds is 8. The first-order valence-electron chi connectivity index (χ1n) is 13.0. The van der Waals surface area contributed by atoms with Gasteiger partial charge in [-0.25, -0.2) is 8.42 Å². The Balaban J connectivity index is 1.31. The Morgan fingerprint density at radius 1 is 1.07 bits per heavy atom. The summed E-state index contributed by atoms with van der Waals surface area (Å²) in [6, 6.07) is 14.8. The number of carbonyl (C=O) groups is 4. The van der Waals surface area contributed by atoms with Gasteiger partial charge in [-0.1, -0.05) is 49.7 Å². The number of benzene rings is 1. The lowest BCUT2D eigenvalue weighted by Gasteiger charge is -2.28. The fourth-order valence-corrected chi connectivity index (χ4v) is 7.64. The molecule has 2 amide bonds. The number of pyridine rings is 1. The van der Waals surface area contributed by atoms with Gasteiger partial charge in [-0.3, -0.25) is 24.2 Å². The number of hydrogen-bond acceptors (Lipinski definition) is 8. The number of hydrogen-bond donors (Lipinski definition) is 1. The van der Waals surface area contributed by atoms with Crippen molar-refractivity contribution in [2.75, 3.05) is 13.1 Å². The van der Waals surface area contributed by atoms with E-state index in [0.29, 0.717) is 17.7 Å². The Morgan fingerprint density at radius 3 is 2.52 bits per heavy atom. The Hall–Kier alpha value is -3.74. The summed E-state index contributed by atoms with van der Waals surface area (Å²) in [7, 11) is -4.53. The molecular formula is C28H28N4O6S2. The molecule has 208 valence electrons. The molecule has 2 aromatic heterocycles. The summed E-state index contributed by atoms with van der Waals surface area (Å²) in [5.74, 6) is -1.29. The predicted octanol–water partition coefficient (Wildman–Crippen LogP) is 2.73. The molecule has 3 atom stereocenters. The van der Waals surface area contributed by atoms with Crippen molar-refractivity contribution in [3.8, 4) is 10.4 Å². The molecule has 1 N–H and O–H groups in total. The molecule has 12 heteroatoms. The van der Waals surface area contributed by atoms with E-state index < -0.39 is 57.4 Å². The molecule has 2 fully saturated rings. The van der Waals surface area contributed by atoms with Crippen molar-refractivity contribution in [3.05, 3.63) is 77.4 Å². The Labute approximate surface area is 236 Å². The first-order chi connectivity index (χ1) is 19.2. The highest BCUT2D eigenvalue weighted by Gasteiger charge is 2.55. The van der Waals surface area contributed by atoms with Gasteiger partial charge in [0.25, 0.3) is 15.9 Å². The third-order valence-corrected chi connectivity index (χ3v) is 9.97. The van der Waals surface area contributed by atoms with E-state index in [1.165, 1.54) is 34.6 Å². The van der Waals surface area contributed by atoms with Crippen LogP contribution in [0.4, 0.5) is 0 Å². The molecule has 2 saturated heterocycles. The van der Waals surface area contributed by atoms with Gasteiger partial charge in [0.2, 0.25) is 5.91 Å². The van der Waals surface area contributed by atoms with Crippen LogP contribution in [-0.2, 0) is 19.6 Å². The summed E-state index contributed by atoms with van der Waals surface area (Å²) in [6.07, 6.45) is 2.47. The largest absolute Gasteiger partial charge is 0.340 e. The lowest BCUT2D eigenvalue weighted by atomic mass is 10.1. The van der Waals surface area contributed by atoms with Gasteiger partial charge in [-0.2, -0.15) is 4.31 Å². The summed E-state index contributed by atoms with van der Waals surface area (Å²) in [5.41, 5.74) is 0.746. The van der Waals surface area contributed by atoms with Crippen LogP contribution in [0.25, 0.3) is 10.4 Å². The molecule has 40 heavy (non-hydrogen) atoms. The number of fused-ring (bicyclic) bond motifs is 1. The van der Waals surface area contributed by atoms with Crippen molar-refractivity contribution in [2.45, 2.75) is 44.3 Å². The second-order valence-electron chi connectivity index (χ2n) is 9.70. The average Bonchev–Trinajstić information content (AvgIpc) is 3.70. The summed E-state index contributed by atoms with van der Waals surface area (Å²) < 4.78 is 27.2. The Kier molecular flexibility index (Phi) is 7.92. The lowest BCUT2D eigenvalue weighted by Crippen LogP contribution is -2.52. The van der Waals surface area contributed by atoms with Gasteiger partial charge >= 0.3 is 5.12 Å². The van der Waals surface area contributed by atoms with Crippen molar-refractivity contribution in [1.82, 2.24) is 19.5 Å². The molecule has 3 aromatic rings. The number of Topliss-reactive ketones (excluding diaryl/α,β-unsaturated/α-hetero) is 1. The molecule has 2 aliphatic heterocycles. The molecule has 4 heterocycles. The Morgan fingerprint density at radius 2 is 1.82 bits per heavy atom. The summed E-state index contributed by atoms with van der Waals surface area (Å²) in [6.45, 7) is 1.52. The van der Waals surface area contributed by atoms with Crippen LogP contribution in [0.5, 0.6) is 0 Å². The van der Waals surface area contributed by atoms with Crippen LogP contribution in [0, 0.1) is 0 Å². The molecule has 0 radical (unpaired) electrons. The fraction of sp³-hybridized carbons (Fsp3) is 0.321. The molecule has 2 aliphatic rings. The van der Waals surface area contributed by atoms with Crippen LogP contribution in [0.3, 0.4) is 0 Å². The van der Waals surface area contributed by atoms with E-state index >= 15 is 0 Å². The molecule has 0 saturated carbocycles. The molecule has 0 spiro atoms. The van der Waals surface area contributed by atoms with Crippen LogP contribution in [0.1, 0.15) is 46.3 Å². The van der Waals surface area contributed by atoms with Crippen molar-refractivity contribution < 1.29 is 27.6 Å². The van der Waals surface area contributed by atoms with E-state index in [9.17, 15) is 27.6 Å². The molecular weight excluding hydrogens is 552 g/mol. The first kappa shape index (κ1) is 27.8. The summed E-state index contributed by atoms with van der Waals surface area (Å²) >= 11 is 1.32. The number of likely N-dealkylation sites (tertiary alicyclic amines) is 1. The highest BCUT2D eigenvalue weighted by molar-refractivity contribution is 8.04. The van der Waals surface area contributed by atoms with Crippen LogP contribution in [0.15, 0.2) is 66.9 Å². The topological polar surface area (TPSA) is 134 Å². The number of thiophene rings is 1. The smallest absolute Gasteiger partial charge is 0.310 e. The first-order valence-corrected chi connectivity index (χ1v) is 15.2. The zero-order valence-corrected chi connectivity index (χ0v) is 23.4. The van der Waals surface area contributed by atoms with Crippen LogP contribution in [-0.4, -0.2) is 76.5 Å². The highest BCUT2D eigenvalue weighted by atomic mass is 32.2. The molecule has 10 nitrogen and oxygen atoms in total. The maximum absolute atomic E-state index is 13.6. The number of carbonyl (C=O) groups excluding carboxylic acids is 4. The average molecular weight is 581 g/mol. The summed E-state index contributed by atoms with van der Waals surface area (Å²) in [5, 5.41) is 1.64. The van der Waals surface area contributed by atoms with Crippen LogP contribution < -0.4 is 5.32 Å². The molecule has 1 aromatic carbocycles. The monoisotopic (exact) mass is 580 g/mol. The number of ketones is 1. The van der Waals surface area contributed by atoms with Gasteiger partial charge in [-0.15, -0.1) is 11.3 Å². The van der Waals surface area contributed by atoms with Crippen molar-refractivity contribution in [3.63, 3.8) is 0 Å². The summed E-state index contributed by atoms with van der Waals surface area (Å²) in [4.78, 5) is 59.1. The second-order valence-corrected chi connectivity index (χ2v) is 12.6. The van der Waals surface area contributed by atoms with E-state index in [1.54, 1.807) is 12.1 Å². The number of nitrogens with zero attached hydrogens (tertiary/aromatic N) is 3. The van der Waals surface area contributed by atoms with E-state index in [2.05, 4.69) is 10.3 Å². The SMILES string of the molecule is CCCC(NC(=O)c1ccc(-c2ccccc2)s1)C(=O)N1CCC2C1C(=O)CN2S(=O)(=O)C(=O)c1ccccn1. The predicted molar refractivity (Wildman–Crippen MR) is 149 cm³/mol. The molecule has 3 unspecified atom stereocenters. The van der Waals surface area contributed by atoms with Gasteiger partial charge in [0.15, 0.2) is 5.78 Å². The quantitative estimate of drug-likeness (QED) is 0.433. The van der Waals surface area contributed by atoms with E-state index in [-0.39, 0.29) is 18.7 Å². The number of sulfonamides is 1. The van der Waals surface area contributed by atoms with E-state index in [0.717, 1.165) is 14.7 Å². The fourth-order valence-electron chi connectivity index (χ4n) is 5.26. The normalized spacial score (nSPS) is 19.8. The van der Waals surface area contributed by atoms with Gasteiger partial charge in [-0.05, 0) is 42.7 Å². The number of amides is 2. The van der Waals surface area contributed by atoms with Crippen molar-refractivity contribution in [2.24, 2.45) is 0 Å². The van der Waals surface area contributed by atoms with Crippen molar-refractivity contribution in [1.29, 1.82) is 0 Å². The lowest BCUT2D eigenvalue weighted by molar-refractivity contribution is -0.138. The zero-order chi connectivity index (χ0) is 28.4. The van der Waals surface area contributed by atoms with Crippen LogP contribution >= 0.6 is 11.3 Å². The van der Waals surface area contributed by atoms with Gasteiger partial charge < -0.3 is 10.2 Å². The molecule has 5 rings (SSSR count). The molecule has 0 aliphatic carbocycles. The molecule has 0 bridgehead atoms. The number of nitrogens with one attached hydrogen (secondary N) is 1. The second kappa shape index (κ2) is 11.4.